The molecule has 0 saturated carbocycles. The van der Waals surface area contributed by atoms with Crippen molar-refractivity contribution in [3.8, 4) is 0 Å². The van der Waals surface area contributed by atoms with Gasteiger partial charge in [0.1, 0.15) is 0 Å². The number of thiophene rings is 1. The summed E-state index contributed by atoms with van der Waals surface area (Å²) in [6, 6.07) is 17.5. The second-order valence-electron chi connectivity index (χ2n) is 7.39. The number of para-hydroxylation sites is 1. The van der Waals surface area contributed by atoms with E-state index in [-0.39, 0.29) is 17.7 Å². The van der Waals surface area contributed by atoms with Gasteiger partial charge in [0.25, 0.3) is 17.7 Å². The molecule has 1 aliphatic heterocycles. The third-order valence-corrected chi connectivity index (χ3v) is 6.19. The second-order valence-corrected chi connectivity index (χ2v) is 8.34. The van der Waals surface area contributed by atoms with Crippen molar-refractivity contribution in [1.82, 2.24) is 4.90 Å². The van der Waals surface area contributed by atoms with Crippen molar-refractivity contribution in [3.63, 3.8) is 0 Å². The predicted octanol–water partition coefficient (Wildman–Crippen LogP) is 4.51. The van der Waals surface area contributed by atoms with Crippen LogP contribution in [0.25, 0.3) is 0 Å². The Morgan fingerprint density at radius 2 is 1.65 bits per heavy atom. The number of nitrogens with zero attached hydrogens (tertiary/aromatic N) is 2. The van der Waals surface area contributed by atoms with Crippen molar-refractivity contribution in [2.45, 2.75) is 12.8 Å². The molecule has 2 aromatic carbocycles. The Balaban J connectivity index is 1.49. The molecule has 4 rings (SSSR count). The molecule has 0 atom stereocenters. The number of likely N-dealkylation sites (tertiary alicyclic amines) is 1. The van der Waals surface area contributed by atoms with Crippen LogP contribution in [0, 0.1) is 0 Å². The van der Waals surface area contributed by atoms with E-state index in [1.165, 1.54) is 16.2 Å². The van der Waals surface area contributed by atoms with E-state index in [0.29, 0.717) is 27.4 Å². The van der Waals surface area contributed by atoms with Crippen LogP contribution in [0.4, 0.5) is 11.4 Å². The van der Waals surface area contributed by atoms with Crippen LogP contribution < -0.4 is 10.2 Å². The smallest absolute Gasteiger partial charge is 0.268 e. The first-order chi connectivity index (χ1) is 15.0. The zero-order valence-corrected chi connectivity index (χ0v) is 18.0. The number of nitrogens with one attached hydrogen (secondary N) is 1. The van der Waals surface area contributed by atoms with Crippen molar-refractivity contribution in [3.05, 3.63) is 82.0 Å². The average Bonchev–Trinajstić information content (AvgIpc) is 3.53. The maximum Gasteiger partial charge on any atom is 0.268 e. The number of anilines is 2. The molecule has 0 spiro atoms. The van der Waals surface area contributed by atoms with Gasteiger partial charge in [0.05, 0.1) is 16.1 Å². The van der Waals surface area contributed by atoms with Crippen molar-refractivity contribution >= 4 is 40.4 Å². The zero-order valence-electron chi connectivity index (χ0n) is 17.2. The molecule has 7 heteroatoms. The molecule has 1 saturated heterocycles. The van der Waals surface area contributed by atoms with E-state index in [1.54, 1.807) is 61.6 Å². The highest BCUT2D eigenvalue weighted by Gasteiger charge is 2.21. The summed E-state index contributed by atoms with van der Waals surface area (Å²) in [6.07, 6.45) is 2.09. The molecular formula is C24H23N3O3S. The third kappa shape index (κ3) is 4.51. The summed E-state index contributed by atoms with van der Waals surface area (Å²) in [5.74, 6) is -0.463. The fraction of sp³-hybridized carbons (Fsp3) is 0.208. The molecule has 31 heavy (non-hydrogen) atoms. The van der Waals surface area contributed by atoms with Gasteiger partial charge in [-0.15, -0.1) is 11.3 Å². The Morgan fingerprint density at radius 1 is 0.935 bits per heavy atom. The highest BCUT2D eigenvalue weighted by Crippen LogP contribution is 2.24. The van der Waals surface area contributed by atoms with E-state index in [1.807, 2.05) is 16.3 Å². The standard InChI is InChI=1S/C24H23N3O3S/c1-26(24(30)21-9-6-16-31-21)20-8-3-2-7-19(20)22(28)25-18-12-10-17(11-13-18)23(29)27-14-4-5-15-27/h2-3,6-13,16H,4-5,14-15H2,1H3,(H,25,28). The Bertz CT molecular complexity index is 1090. The van der Waals surface area contributed by atoms with Crippen molar-refractivity contribution in [2.75, 3.05) is 30.4 Å². The Morgan fingerprint density at radius 3 is 2.32 bits per heavy atom. The fourth-order valence-electron chi connectivity index (χ4n) is 3.63. The van der Waals surface area contributed by atoms with Gasteiger partial charge in [-0.3, -0.25) is 14.4 Å². The number of benzene rings is 2. The highest BCUT2D eigenvalue weighted by molar-refractivity contribution is 7.12. The Kier molecular flexibility index (Phi) is 6.13. The maximum atomic E-state index is 13.0. The molecule has 0 unspecified atom stereocenters. The molecule has 1 aliphatic rings. The molecule has 1 N–H and O–H groups in total. The summed E-state index contributed by atoms with van der Waals surface area (Å²) in [5.41, 5.74) is 2.12. The van der Waals surface area contributed by atoms with Gasteiger partial charge in [0.15, 0.2) is 0 Å². The molecule has 6 nitrogen and oxygen atoms in total. The number of hydrogen-bond donors (Lipinski definition) is 1. The van der Waals surface area contributed by atoms with Crippen LogP contribution in [0.15, 0.2) is 66.0 Å². The average molecular weight is 434 g/mol. The molecule has 158 valence electrons. The number of amides is 3. The first-order valence-corrected chi connectivity index (χ1v) is 11.0. The molecule has 3 aromatic rings. The summed E-state index contributed by atoms with van der Waals surface area (Å²) in [4.78, 5) is 42.1. The van der Waals surface area contributed by atoms with Crippen molar-refractivity contribution in [1.29, 1.82) is 0 Å². The van der Waals surface area contributed by atoms with Gasteiger partial charge in [0.2, 0.25) is 0 Å². The van der Waals surface area contributed by atoms with Gasteiger partial charge in [0, 0.05) is 31.4 Å². The molecule has 0 aliphatic carbocycles. The quantitative estimate of drug-likeness (QED) is 0.644. The second kappa shape index (κ2) is 9.14. The minimum Gasteiger partial charge on any atom is -0.339 e. The van der Waals surface area contributed by atoms with E-state index in [0.717, 1.165) is 25.9 Å². The predicted molar refractivity (Wildman–Crippen MR) is 123 cm³/mol. The van der Waals surface area contributed by atoms with Crippen molar-refractivity contribution < 1.29 is 14.4 Å². The summed E-state index contributed by atoms with van der Waals surface area (Å²) in [5, 5.41) is 4.71. The number of carbonyl (C=O) groups is 3. The van der Waals surface area contributed by atoms with Crippen LogP contribution in [-0.2, 0) is 0 Å². The molecule has 1 fully saturated rings. The highest BCUT2D eigenvalue weighted by atomic mass is 32.1. The lowest BCUT2D eigenvalue weighted by Crippen LogP contribution is -2.28. The molecule has 2 heterocycles. The molecule has 3 amide bonds. The number of carbonyl (C=O) groups excluding carboxylic acids is 3. The zero-order chi connectivity index (χ0) is 21.8. The molecule has 0 radical (unpaired) electrons. The lowest BCUT2D eigenvalue weighted by molar-refractivity contribution is 0.0792. The normalized spacial score (nSPS) is 13.1. The van der Waals surface area contributed by atoms with Crippen LogP contribution in [0.3, 0.4) is 0 Å². The van der Waals surface area contributed by atoms with Gasteiger partial charge >= 0.3 is 0 Å². The van der Waals surface area contributed by atoms with Crippen LogP contribution in [0.1, 0.15) is 43.2 Å². The first kappa shape index (κ1) is 20.8. The number of hydrogen-bond acceptors (Lipinski definition) is 4. The van der Waals surface area contributed by atoms with E-state index >= 15 is 0 Å². The van der Waals surface area contributed by atoms with E-state index in [9.17, 15) is 14.4 Å². The lowest BCUT2D eigenvalue weighted by atomic mass is 10.1. The molecule has 1 aromatic heterocycles. The monoisotopic (exact) mass is 433 g/mol. The SMILES string of the molecule is CN(C(=O)c1cccs1)c1ccccc1C(=O)Nc1ccc(C(=O)N2CCCC2)cc1. The van der Waals surface area contributed by atoms with E-state index in [4.69, 9.17) is 0 Å². The van der Waals surface area contributed by atoms with Crippen LogP contribution in [-0.4, -0.2) is 42.8 Å². The van der Waals surface area contributed by atoms with Gasteiger partial charge in [-0.05, 0) is 60.7 Å². The molecule has 0 bridgehead atoms. The Labute approximate surface area is 185 Å². The van der Waals surface area contributed by atoms with Gasteiger partial charge in [-0.1, -0.05) is 18.2 Å². The summed E-state index contributed by atoms with van der Waals surface area (Å²) < 4.78 is 0. The summed E-state index contributed by atoms with van der Waals surface area (Å²) in [6.45, 7) is 1.59. The van der Waals surface area contributed by atoms with Gasteiger partial charge < -0.3 is 15.1 Å². The minimum absolute atomic E-state index is 0.0226. The van der Waals surface area contributed by atoms with Crippen LogP contribution >= 0.6 is 11.3 Å². The first-order valence-electron chi connectivity index (χ1n) is 10.2. The maximum absolute atomic E-state index is 13.0. The lowest BCUT2D eigenvalue weighted by Gasteiger charge is -2.20. The topological polar surface area (TPSA) is 69.7 Å². The minimum atomic E-state index is -0.319. The van der Waals surface area contributed by atoms with Crippen molar-refractivity contribution in [2.24, 2.45) is 0 Å². The van der Waals surface area contributed by atoms with Gasteiger partial charge in [-0.25, -0.2) is 0 Å². The van der Waals surface area contributed by atoms with Gasteiger partial charge in [-0.2, -0.15) is 0 Å². The van der Waals surface area contributed by atoms with Crippen LogP contribution in [0.5, 0.6) is 0 Å². The summed E-state index contributed by atoms with van der Waals surface area (Å²) in [7, 11) is 1.66. The van der Waals surface area contributed by atoms with Crippen LogP contribution in [0.2, 0.25) is 0 Å². The van der Waals surface area contributed by atoms with E-state index in [2.05, 4.69) is 5.32 Å². The third-order valence-electron chi connectivity index (χ3n) is 5.33. The molecular weight excluding hydrogens is 410 g/mol. The Hall–Kier alpha value is -3.45. The fourth-order valence-corrected chi connectivity index (χ4v) is 4.33. The number of rotatable bonds is 5. The van der Waals surface area contributed by atoms with E-state index < -0.39 is 0 Å². The largest absolute Gasteiger partial charge is 0.339 e. The summed E-state index contributed by atoms with van der Waals surface area (Å²) >= 11 is 1.36.